The van der Waals surface area contributed by atoms with Crippen LogP contribution in [0.4, 0.5) is 4.79 Å². The van der Waals surface area contributed by atoms with Gasteiger partial charge < -0.3 is 20.2 Å². The molecule has 0 aromatic heterocycles. The number of aliphatic carboxylic acids is 1. The smallest absolute Gasteiger partial charge is 0.320 e. The van der Waals surface area contributed by atoms with E-state index in [2.05, 4.69) is 12.2 Å². The number of rotatable bonds is 2. The van der Waals surface area contributed by atoms with Crippen molar-refractivity contribution >= 4 is 12.0 Å². The molecule has 2 amide bonds. The molecule has 0 unspecified atom stereocenters. The number of carboxylic acid groups (broad SMARTS) is 1. The molecule has 0 spiro atoms. The van der Waals surface area contributed by atoms with Gasteiger partial charge in [-0.2, -0.15) is 0 Å². The lowest BCUT2D eigenvalue weighted by atomic mass is 9.94. The van der Waals surface area contributed by atoms with Crippen LogP contribution in [0.3, 0.4) is 0 Å². The minimum Gasteiger partial charge on any atom is -0.481 e. The fourth-order valence-corrected chi connectivity index (χ4v) is 2.88. The first-order valence-electron chi connectivity index (χ1n) is 7.06. The fraction of sp³-hybridized carbons (Fsp3) is 0.846. The average Bonchev–Trinajstić information content (AvgIpc) is 2.39. The summed E-state index contributed by atoms with van der Waals surface area (Å²) in [6, 6.07) is 0.348. The number of likely N-dealkylation sites (tertiary alicyclic amines) is 1. The van der Waals surface area contributed by atoms with Crippen molar-refractivity contribution in [3.05, 3.63) is 0 Å². The molecule has 0 saturated carbocycles. The summed E-state index contributed by atoms with van der Waals surface area (Å²) in [5.41, 5.74) is 0. The predicted molar refractivity (Wildman–Crippen MR) is 71.0 cm³/mol. The number of urea groups is 1. The molecule has 108 valence electrons. The lowest BCUT2D eigenvalue weighted by Crippen LogP contribution is -2.57. The van der Waals surface area contributed by atoms with E-state index in [0.717, 1.165) is 32.5 Å². The molecule has 2 N–H and O–H groups in total. The number of hydrogen-bond acceptors (Lipinski definition) is 3. The maximum atomic E-state index is 12.4. The third kappa shape index (κ3) is 3.59. The molecule has 0 bridgehead atoms. The van der Waals surface area contributed by atoms with Crippen molar-refractivity contribution in [3.8, 4) is 0 Å². The molecule has 19 heavy (non-hydrogen) atoms. The van der Waals surface area contributed by atoms with E-state index in [1.165, 1.54) is 0 Å². The molecule has 0 aliphatic carbocycles. The molecule has 2 aliphatic rings. The number of nitrogens with one attached hydrogen (secondary N) is 1. The van der Waals surface area contributed by atoms with Crippen LogP contribution in [0.5, 0.6) is 0 Å². The Labute approximate surface area is 113 Å². The van der Waals surface area contributed by atoms with Crippen LogP contribution in [0, 0.1) is 5.92 Å². The average molecular weight is 269 g/mol. The first-order valence-corrected chi connectivity index (χ1v) is 7.06. The van der Waals surface area contributed by atoms with Crippen LogP contribution in [-0.4, -0.2) is 65.7 Å². The first kappa shape index (κ1) is 14.1. The Hall–Kier alpha value is -1.30. The Morgan fingerprint density at radius 3 is 2.53 bits per heavy atom. The number of amides is 2. The molecule has 6 nitrogen and oxygen atoms in total. The molecule has 2 fully saturated rings. The van der Waals surface area contributed by atoms with E-state index in [1.807, 2.05) is 9.80 Å². The number of carbonyl (C=O) groups is 2. The highest BCUT2D eigenvalue weighted by Crippen LogP contribution is 2.22. The van der Waals surface area contributed by atoms with E-state index in [1.54, 1.807) is 0 Å². The van der Waals surface area contributed by atoms with Gasteiger partial charge in [-0.15, -0.1) is 0 Å². The quantitative estimate of drug-likeness (QED) is 0.769. The minimum atomic E-state index is -0.736. The van der Waals surface area contributed by atoms with Crippen LogP contribution in [0.25, 0.3) is 0 Å². The molecule has 0 radical (unpaired) electrons. The van der Waals surface area contributed by atoms with Crippen molar-refractivity contribution in [2.45, 2.75) is 32.2 Å². The van der Waals surface area contributed by atoms with Crippen LogP contribution < -0.4 is 5.32 Å². The molecular formula is C13H23N3O3. The van der Waals surface area contributed by atoms with Crippen molar-refractivity contribution in [1.82, 2.24) is 15.1 Å². The van der Waals surface area contributed by atoms with Gasteiger partial charge in [0.25, 0.3) is 0 Å². The van der Waals surface area contributed by atoms with Crippen molar-refractivity contribution < 1.29 is 14.7 Å². The standard InChI is InChI=1S/C13H23N3O3/c1-10-9-14-4-7-16(10)13(19)15-5-2-11(3-6-15)8-12(17)18/h10-11,14H,2-9H2,1H3,(H,17,18)/t10-/m1/s1. The van der Waals surface area contributed by atoms with E-state index in [4.69, 9.17) is 5.11 Å². The summed E-state index contributed by atoms with van der Waals surface area (Å²) >= 11 is 0. The molecule has 0 aromatic rings. The molecule has 1 atom stereocenters. The molecule has 0 aromatic carbocycles. The number of carbonyl (C=O) groups excluding carboxylic acids is 1. The Kier molecular flexibility index (Phi) is 4.63. The normalized spacial score (nSPS) is 25.4. The van der Waals surface area contributed by atoms with Gasteiger partial charge in [-0.3, -0.25) is 4.79 Å². The van der Waals surface area contributed by atoms with Crippen LogP contribution in [-0.2, 0) is 4.79 Å². The van der Waals surface area contributed by atoms with Crippen LogP contribution in [0.2, 0.25) is 0 Å². The Balaban J connectivity index is 1.83. The van der Waals surface area contributed by atoms with Gasteiger partial charge in [-0.05, 0) is 25.7 Å². The zero-order chi connectivity index (χ0) is 13.8. The van der Waals surface area contributed by atoms with Gasteiger partial charge in [0.15, 0.2) is 0 Å². The molecule has 2 aliphatic heterocycles. The third-order valence-corrected chi connectivity index (χ3v) is 4.10. The summed E-state index contributed by atoms with van der Waals surface area (Å²) in [7, 11) is 0. The second kappa shape index (κ2) is 6.23. The van der Waals surface area contributed by atoms with E-state index < -0.39 is 5.97 Å². The van der Waals surface area contributed by atoms with Gasteiger partial charge in [-0.1, -0.05) is 0 Å². The van der Waals surface area contributed by atoms with Gasteiger partial charge in [0.2, 0.25) is 0 Å². The molecule has 6 heteroatoms. The second-order valence-corrected chi connectivity index (χ2v) is 5.56. The molecule has 2 heterocycles. The van der Waals surface area contributed by atoms with Gasteiger partial charge in [0.1, 0.15) is 0 Å². The predicted octanol–water partition coefficient (Wildman–Crippen LogP) is 0.587. The Morgan fingerprint density at radius 2 is 1.95 bits per heavy atom. The highest BCUT2D eigenvalue weighted by Gasteiger charge is 2.30. The number of piperidine rings is 1. The summed E-state index contributed by atoms with van der Waals surface area (Å²) in [4.78, 5) is 26.9. The Morgan fingerprint density at radius 1 is 1.26 bits per heavy atom. The number of carboxylic acids is 1. The van der Waals surface area contributed by atoms with Gasteiger partial charge in [0.05, 0.1) is 0 Å². The van der Waals surface area contributed by atoms with Crippen LogP contribution >= 0.6 is 0 Å². The highest BCUT2D eigenvalue weighted by atomic mass is 16.4. The van der Waals surface area contributed by atoms with Crippen molar-refractivity contribution in [2.75, 3.05) is 32.7 Å². The molecule has 2 saturated heterocycles. The number of piperazine rings is 1. The summed E-state index contributed by atoms with van der Waals surface area (Å²) in [5, 5.41) is 12.1. The molecule has 2 rings (SSSR count). The SMILES string of the molecule is C[C@@H]1CNCCN1C(=O)N1CCC(CC(=O)O)CC1. The lowest BCUT2D eigenvalue weighted by Gasteiger charge is -2.40. The largest absolute Gasteiger partial charge is 0.481 e. The lowest BCUT2D eigenvalue weighted by molar-refractivity contribution is -0.138. The highest BCUT2D eigenvalue weighted by molar-refractivity contribution is 5.75. The summed E-state index contributed by atoms with van der Waals surface area (Å²) < 4.78 is 0. The zero-order valence-corrected chi connectivity index (χ0v) is 11.5. The van der Waals surface area contributed by atoms with Crippen LogP contribution in [0.15, 0.2) is 0 Å². The Bertz CT molecular complexity index is 340. The van der Waals surface area contributed by atoms with Gasteiger partial charge in [0, 0.05) is 45.2 Å². The molecular weight excluding hydrogens is 246 g/mol. The third-order valence-electron chi connectivity index (χ3n) is 4.10. The monoisotopic (exact) mass is 269 g/mol. The van der Waals surface area contributed by atoms with Gasteiger partial charge >= 0.3 is 12.0 Å². The maximum absolute atomic E-state index is 12.4. The van der Waals surface area contributed by atoms with Crippen molar-refractivity contribution in [3.63, 3.8) is 0 Å². The summed E-state index contributed by atoms with van der Waals surface area (Å²) in [5.74, 6) is -0.512. The summed E-state index contributed by atoms with van der Waals surface area (Å²) in [6.07, 6.45) is 1.84. The number of hydrogen-bond donors (Lipinski definition) is 2. The summed E-state index contributed by atoms with van der Waals surface area (Å²) in [6.45, 7) is 5.89. The topological polar surface area (TPSA) is 72.9 Å². The minimum absolute atomic E-state index is 0.114. The first-order chi connectivity index (χ1) is 9.08. The van der Waals surface area contributed by atoms with Crippen LogP contribution in [0.1, 0.15) is 26.2 Å². The van der Waals surface area contributed by atoms with E-state index in [9.17, 15) is 9.59 Å². The zero-order valence-electron chi connectivity index (χ0n) is 11.5. The fourth-order valence-electron chi connectivity index (χ4n) is 2.88. The van der Waals surface area contributed by atoms with E-state index in [-0.39, 0.29) is 24.4 Å². The van der Waals surface area contributed by atoms with Gasteiger partial charge in [-0.25, -0.2) is 4.79 Å². The van der Waals surface area contributed by atoms with Crippen molar-refractivity contribution in [2.24, 2.45) is 5.92 Å². The maximum Gasteiger partial charge on any atom is 0.320 e. The van der Waals surface area contributed by atoms with Crippen molar-refractivity contribution in [1.29, 1.82) is 0 Å². The van der Waals surface area contributed by atoms with E-state index >= 15 is 0 Å². The van der Waals surface area contributed by atoms with E-state index in [0.29, 0.717) is 13.1 Å². The number of nitrogens with zero attached hydrogens (tertiary/aromatic N) is 2. The second-order valence-electron chi connectivity index (χ2n) is 5.56.